The van der Waals surface area contributed by atoms with Crippen molar-refractivity contribution in [3.63, 3.8) is 0 Å². The van der Waals surface area contributed by atoms with Crippen molar-refractivity contribution in [3.8, 4) is 0 Å². The average Bonchev–Trinajstić information content (AvgIpc) is 2.11. The molecule has 0 spiro atoms. The second-order valence-corrected chi connectivity index (χ2v) is 3.46. The minimum absolute atomic E-state index is 0.00938. The Labute approximate surface area is 85.0 Å². The zero-order chi connectivity index (χ0) is 9.68. The van der Waals surface area contributed by atoms with E-state index in [1.807, 2.05) is 12.2 Å². The van der Waals surface area contributed by atoms with Crippen LogP contribution in [0.5, 0.6) is 0 Å². The van der Waals surface area contributed by atoms with Gasteiger partial charge < -0.3 is 10.3 Å². The van der Waals surface area contributed by atoms with Crippen LogP contribution < -0.4 is 11.3 Å². The lowest BCUT2D eigenvalue weighted by atomic mass is 10.4. The second-order valence-electron chi connectivity index (χ2n) is 2.55. The molecule has 0 aliphatic carbocycles. The van der Waals surface area contributed by atoms with Crippen LogP contribution in [0.2, 0.25) is 0 Å². The highest BCUT2D eigenvalue weighted by atomic mass is 79.9. The number of nitrogens with two attached hydrogens (primary N) is 1. The summed E-state index contributed by atoms with van der Waals surface area (Å²) in [6.07, 6.45) is 5.45. The number of nitrogens with zero attached hydrogens (tertiary/aromatic N) is 1. The maximum absolute atomic E-state index is 11.2. The van der Waals surface area contributed by atoms with E-state index in [0.717, 1.165) is 4.47 Å². The Morgan fingerprint density at radius 1 is 1.46 bits per heavy atom. The molecule has 0 fully saturated rings. The van der Waals surface area contributed by atoms with Crippen molar-refractivity contribution < 1.29 is 0 Å². The molecule has 13 heavy (non-hydrogen) atoms. The highest BCUT2D eigenvalue weighted by Crippen LogP contribution is 2.04. The Morgan fingerprint density at radius 2 is 2.23 bits per heavy atom. The predicted octanol–water partition coefficient (Wildman–Crippen LogP) is 1.13. The van der Waals surface area contributed by atoms with Gasteiger partial charge in [-0.3, -0.25) is 4.79 Å². The first-order chi connectivity index (χ1) is 6.24. The van der Waals surface area contributed by atoms with Crippen LogP contribution in [-0.4, -0.2) is 11.1 Å². The van der Waals surface area contributed by atoms with Crippen LogP contribution in [0.3, 0.4) is 0 Å². The number of aromatic nitrogens is 1. The molecule has 1 aromatic heterocycles. The molecule has 0 aromatic carbocycles. The van der Waals surface area contributed by atoms with Gasteiger partial charge in [0, 0.05) is 29.8 Å². The number of allylic oxidation sites excluding steroid dienone is 1. The summed E-state index contributed by atoms with van der Waals surface area (Å²) < 4.78 is 2.50. The van der Waals surface area contributed by atoms with E-state index in [1.54, 1.807) is 16.8 Å². The fraction of sp³-hybridized carbons (Fsp3) is 0.222. The standard InChI is InChI=1S/C9H11BrN2O/c10-8-3-4-9(13)12(7-8)6-2-1-5-11/h1-4,7H,5-6,11H2. The lowest BCUT2D eigenvalue weighted by Crippen LogP contribution is -2.17. The molecule has 0 unspecified atom stereocenters. The Morgan fingerprint density at radius 3 is 2.92 bits per heavy atom. The van der Waals surface area contributed by atoms with E-state index in [0.29, 0.717) is 13.1 Å². The van der Waals surface area contributed by atoms with Gasteiger partial charge in [0.25, 0.3) is 5.56 Å². The maximum atomic E-state index is 11.2. The number of rotatable bonds is 3. The summed E-state index contributed by atoms with van der Waals surface area (Å²) in [5.41, 5.74) is 5.27. The van der Waals surface area contributed by atoms with Gasteiger partial charge in [0.1, 0.15) is 0 Å². The minimum atomic E-state index is -0.00938. The highest BCUT2D eigenvalue weighted by Gasteiger charge is 1.93. The van der Waals surface area contributed by atoms with E-state index in [4.69, 9.17) is 5.73 Å². The number of pyridine rings is 1. The molecule has 0 aliphatic heterocycles. The minimum Gasteiger partial charge on any atom is -0.327 e. The predicted molar refractivity (Wildman–Crippen MR) is 56.6 cm³/mol. The van der Waals surface area contributed by atoms with Crippen LogP contribution in [0, 0.1) is 0 Å². The van der Waals surface area contributed by atoms with Crippen LogP contribution in [0.1, 0.15) is 0 Å². The van der Waals surface area contributed by atoms with Crippen LogP contribution in [0.25, 0.3) is 0 Å². The third-order valence-corrected chi connectivity index (χ3v) is 2.02. The van der Waals surface area contributed by atoms with E-state index in [2.05, 4.69) is 15.9 Å². The van der Waals surface area contributed by atoms with Crippen LogP contribution in [-0.2, 0) is 6.54 Å². The largest absolute Gasteiger partial charge is 0.327 e. The molecule has 70 valence electrons. The van der Waals surface area contributed by atoms with Crippen molar-refractivity contribution in [3.05, 3.63) is 45.3 Å². The Kier molecular flexibility index (Phi) is 3.92. The van der Waals surface area contributed by atoms with Gasteiger partial charge in [-0.15, -0.1) is 0 Å². The number of hydrogen-bond donors (Lipinski definition) is 1. The molecule has 3 nitrogen and oxygen atoms in total. The van der Waals surface area contributed by atoms with Gasteiger partial charge in [-0.1, -0.05) is 12.2 Å². The van der Waals surface area contributed by atoms with Gasteiger partial charge in [-0.2, -0.15) is 0 Å². The van der Waals surface area contributed by atoms with Crippen LogP contribution in [0.15, 0.2) is 39.7 Å². The zero-order valence-electron chi connectivity index (χ0n) is 7.11. The summed E-state index contributed by atoms with van der Waals surface area (Å²) in [5, 5.41) is 0. The zero-order valence-corrected chi connectivity index (χ0v) is 8.70. The lowest BCUT2D eigenvalue weighted by Gasteiger charge is -2.00. The highest BCUT2D eigenvalue weighted by molar-refractivity contribution is 9.10. The first-order valence-electron chi connectivity index (χ1n) is 3.95. The van der Waals surface area contributed by atoms with E-state index < -0.39 is 0 Å². The molecule has 0 amide bonds. The molecule has 4 heteroatoms. The summed E-state index contributed by atoms with van der Waals surface area (Å²) >= 11 is 3.30. The Balaban J connectivity index is 2.82. The average molecular weight is 243 g/mol. The van der Waals surface area contributed by atoms with Gasteiger partial charge in [0.2, 0.25) is 0 Å². The molecule has 1 heterocycles. The smallest absolute Gasteiger partial charge is 0.250 e. The molecule has 0 saturated heterocycles. The summed E-state index contributed by atoms with van der Waals surface area (Å²) in [7, 11) is 0. The van der Waals surface area contributed by atoms with Gasteiger partial charge in [-0.05, 0) is 22.0 Å². The topological polar surface area (TPSA) is 48.0 Å². The second kappa shape index (κ2) is 4.99. The van der Waals surface area contributed by atoms with Crippen molar-refractivity contribution in [2.45, 2.75) is 6.54 Å². The van der Waals surface area contributed by atoms with E-state index in [-0.39, 0.29) is 5.56 Å². The molecule has 0 bridgehead atoms. The van der Waals surface area contributed by atoms with Gasteiger partial charge in [-0.25, -0.2) is 0 Å². The normalized spacial score (nSPS) is 10.9. The summed E-state index contributed by atoms with van der Waals surface area (Å²) in [6, 6.07) is 3.26. The van der Waals surface area contributed by atoms with E-state index in [9.17, 15) is 4.79 Å². The molecule has 1 aromatic rings. The van der Waals surface area contributed by atoms with Crippen molar-refractivity contribution in [2.75, 3.05) is 6.54 Å². The molecular weight excluding hydrogens is 232 g/mol. The third-order valence-electron chi connectivity index (χ3n) is 1.55. The monoisotopic (exact) mass is 242 g/mol. The molecule has 1 rings (SSSR count). The molecule has 0 radical (unpaired) electrons. The van der Waals surface area contributed by atoms with Crippen LogP contribution >= 0.6 is 15.9 Å². The summed E-state index contributed by atoms with van der Waals surface area (Å²) in [5.74, 6) is 0. The Hall–Kier alpha value is -0.870. The fourth-order valence-corrected chi connectivity index (χ4v) is 1.31. The van der Waals surface area contributed by atoms with E-state index in [1.165, 1.54) is 6.07 Å². The lowest BCUT2D eigenvalue weighted by molar-refractivity contribution is 0.774. The first kappa shape index (κ1) is 10.2. The van der Waals surface area contributed by atoms with Gasteiger partial charge in [0.15, 0.2) is 0 Å². The molecule has 0 atom stereocenters. The summed E-state index contributed by atoms with van der Waals surface area (Å²) in [6.45, 7) is 1.07. The van der Waals surface area contributed by atoms with Gasteiger partial charge >= 0.3 is 0 Å². The van der Waals surface area contributed by atoms with Gasteiger partial charge in [0.05, 0.1) is 0 Å². The number of hydrogen-bond acceptors (Lipinski definition) is 2. The van der Waals surface area contributed by atoms with Crippen molar-refractivity contribution in [1.82, 2.24) is 4.57 Å². The van der Waals surface area contributed by atoms with Crippen LogP contribution in [0.4, 0.5) is 0 Å². The SMILES string of the molecule is NCC=CCn1cc(Br)ccc1=O. The van der Waals surface area contributed by atoms with Crippen molar-refractivity contribution in [1.29, 1.82) is 0 Å². The quantitative estimate of drug-likeness (QED) is 0.809. The molecule has 2 N–H and O–H groups in total. The van der Waals surface area contributed by atoms with Crippen molar-refractivity contribution in [2.24, 2.45) is 5.73 Å². The van der Waals surface area contributed by atoms with Crippen molar-refractivity contribution >= 4 is 15.9 Å². The molecular formula is C9H11BrN2O. The first-order valence-corrected chi connectivity index (χ1v) is 4.74. The van der Waals surface area contributed by atoms with E-state index >= 15 is 0 Å². The number of halogens is 1. The molecule has 0 aliphatic rings. The molecule has 0 saturated carbocycles. The summed E-state index contributed by atoms with van der Waals surface area (Å²) in [4.78, 5) is 11.2. The maximum Gasteiger partial charge on any atom is 0.250 e. The third kappa shape index (κ3) is 3.16. The fourth-order valence-electron chi connectivity index (χ4n) is 0.929. The Bertz CT molecular complexity index is 357.